The van der Waals surface area contributed by atoms with E-state index in [0.29, 0.717) is 39.5 Å². The number of aromatic nitrogens is 1. The molecule has 0 aliphatic carbocycles. The van der Waals surface area contributed by atoms with Crippen LogP contribution in [0.3, 0.4) is 0 Å². The lowest BCUT2D eigenvalue weighted by atomic mass is 9.92. The van der Waals surface area contributed by atoms with Crippen molar-refractivity contribution in [1.82, 2.24) is 4.57 Å². The summed E-state index contributed by atoms with van der Waals surface area (Å²) in [5.74, 6) is 0.758. The Morgan fingerprint density at radius 2 is 1.76 bits per heavy atom. The molecule has 38 heavy (non-hydrogen) atoms. The number of fused-ring (bicyclic) bond motifs is 1. The van der Waals surface area contributed by atoms with Gasteiger partial charge in [0.1, 0.15) is 5.75 Å². The maximum atomic E-state index is 13.9. The molecule has 1 aromatic heterocycles. The van der Waals surface area contributed by atoms with Gasteiger partial charge < -0.3 is 9.47 Å². The van der Waals surface area contributed by atoms with Crippen LogP contribution in [0.25, 0.3) is 6.08 Å². The van der Waals surface area contributed by atoms with Gasteiger partial charge in [0.05, 0.1) is 35.1 Å². The molecule has 1 aliphatic rings. The summed E-state index contributed by atoms with van der Waals surface area (Å²) < 4.78 is 13.4. The van der Waals surface area contributed by atoms with Crippen LogP contribution in [-0.2, 0) is 9.53 Å². The van der Waals surface area contributed by atoms with Gasteiger partial charge in [0.25, 0.3) is 5.56 Å². The molecule has 6 nitrogen and oxygen atoms in total. The molecule has 0 saturated heterocycles. The summed E-state index contributed by atoms with van der Waals surface area (Å²) >= 11 is 1.35. The second-order valence-electron chi connectivity index (χ2n) is 9.65. The van der Waals surface area contributed by atoms with E-state index < -0.39 is 12.0 Å². The molecule has 0 fully saturated rings. The number of thiazole rings is 1. The fourth-order valence-corrected chi connectivity index (χ4v) is 5.55. The van der Waals surface area contributed by atoms with Crippen molar-refractivity contribution in [3.8, 4) is 5.75 Å². The summed E-state index contributed by atoms with van der Waals surface area (Å²) in [6.45, 7) is 11.1. The molecule has 0 saturated carbocycles. The first-order valence-electron chi connectivity index (χ1n) is 13.4. The number of hydrogen-bond acceptors (Lipinski definition) is 6. The minimum Gasteiger partial charge on any atom is -0.494 e. The van der Waals surface area contributed by atoms with Crippen LogP contribution in [0.15, 0.2) is 69.6 Å². The topological polar surface area (TPSA) is 69.9 Å². The van der Waals surface area contributed by atoms with Gasteiger partial charge in [-0.2, -0.15) is 0 Å². The van der Waals surface area contributed by atoms with Gasteiger partial charge in [-0.15, -0.1) is 0 Å². The monoisotopic (exact) mass is 532 g/mol. The van der Waals surface area contributed by atoms with Gasteiger partial charge in [0.2, 0.25) is 0 Å². The maximum Gasteiger partial charge on any atom is 0.338 e. The molecule has 0 amide bonds. The van der Waals surface area contributed by atoms with Crippen LogP contribution in [0.1, 0.15) is 82.5 Å². The van der Waals surface area contributed by atoms with Crippen LogP contribution in [0.2, 0.25) is 0 Å². The van der Waals surface area contributed by atoms with Crippen molar-refractivity contribution < 1.29 is 14.3 Å². The molecule has 7 heteroatoms. The van der Waals surface area contributed by atoms with Crippen LogP contribution >= 0.6 is 11.3 Å². The minimum atomic E-state index is -0.597. The normalized spacial score (nSPS) is 15.4. The molecule has 0 spiro atoms. The van der Waals surface area contributed by atoms with Crippen molar-refractivity contribution in [1.29, 1.82) is 0 Å². The number of allylic oxidation sites excluding steroid dienone is 1. The van der Waals surface area contributed by atoms with Gasteiger partial charge in [-0.3, -0.25) is 9.36 Å². The lowest BCUT2D eigenvalue weighted by molar-refractivity contribution is -0.139. The van der Waals surface area contributed by atoms with Gasteiger partial charge in [0, 0.05) is 0 Å². The maximum absolute atomic E-state index is 13.9. The highest BCUT2D eigenvalue weighted by Gasteiger charge is 2.34. The van der Waals surface area contributed by atoms with E-state index in [0.717, 1.165) is 29.7 Å². The van der Waals surface area contributed by atoms with Gasteiger partial charge in [-0.1, -0.05) is 81.9 Å². The van der Waals surface area contributed by atoms with Crippen LogP contribution in [0.4, 0.5) is 0 Å². The summed E-state index contributed by atoms with van der Waals surface area (Å²) in [6.07, 6.45) is 4.26. The molecule has 200 valence electrons. The molecular weight excluding hydrogens is 496 g/mol. The average Bonchev–Trinajstić information content (AvgIpc) is 3.22. The smallest absolute Gasteiger partial charge is 0.338 e. The van der Waals surface area contributed by atoms with Crippen molar-refractivity contribution in [2.45, 2.75) is 65.8 Å². The molecule has 1 aliphatic heterocycles. The molecule has 2 heterocycles. The first-order valence-corrected chi connectivity index (χ1v) is 14.2. The third-order valence-electron chi connectivity index (χ3n) is 6.46. The van der Waals surface area contributed by atoms with E-state index in [1.54, 1.807) is 11.5 Å². The van der Waals surface area contributed by atoms with Gasteiger partial charge in [-0.25, -0.2) is 9.79 Å². The fourth-order valence-electron chi connectivity index (χ4n) is 4.53. The van der Waals surface area contributed by atoms with E-state index in [1.807, 2.05) is 42.5 Å². The summed E-state index contributed by atoms with van der Waals surface area (Å²) in [4.78, 5) is 32.6. The molecule has 0 unspecified atom stereocenters. The van der Waals surface area contributed by atoms with Crippen LogP contribution in [-0.4, -0.2) is 23.8 Å². The lowest BCUT2D eigenvalue weighted by Crippen LogP contribution is -2.40. The second kappa shape index (κ2) is 12.4. The Kier molecular flexibility index (Phi) is 9.00. The molecule has 2 aromatic carbocycles. The van der Waals surface area contributed by atoms with E-state index in [2.05, 4.69) is 39.8 Å². The highest BCUT2D eigenvalue weighted by atomic mass is 32.1. The summed E-state index contributed by atoms with van der Waals surface area (Å²) in [7, 11) is 0. The van der Waals surface area contributed by atoms with Crippen molar-refractivity contribution >= 4 is 23.4 Å². The quantitative estimate of drug-likeness (QED) is 0.324. The largest absolute Gasteiger partial charge is 0.494 e. The lowest BCUT2D eigenvalue weighted by Gasteiger charge is -2.26. The van der Waals surface area contributed by atoms with Gasteiger partial charge in [-0.05, 0) is 60.6 Å². The summed E-state index contributed by atoms with van der Waals surface area (Å²) in [5, 5.41) is 0. The predicted molar refractivity (Wildman–Crippen MR) is 152 cm³/mol. The summed E-state index contributed by atoms with van der Waals surface area (Å²) in [6, 6.07) is 15.3. The van der Waals surface area contributed by atoms with Crippen molar-refractivity contribution in [3.63, 3.8) is 0 Å². The number of hydrogen-bond donors (Lipinski definition) is 0. The Hall–Kier alpha value is -3.45. The van der Waals surface area contributed by atoms with E-state index in [9.17, 15) is 9.59 Å². The number of nitrogens with zero attached hydrogens (tertiary/aromatic N) is 2. The number of carbonyl (C=O) groups is 1. The van der Waals surface area contributed by atoms with E-state index >= 15 is 0 Å². The number of benzene rings is 2. The van der Waals surface area contributed by atoms with Crippen molar-refractivity contribution in [3.05, 3.63) is 96.2 Å². The van der Waals surface area contributed by atoms with E-state index in [-0.39, 0.29) is 12.2 Å². The summed E-state index contributed by atoms with van der Waals surface area (Å²) in [5.41, 5.74) is 3.93. The fraction of sp³-hybridized carbons (Fsp3) is 0.387. The Bertz CT molecular complexity index is 1480. The molecule has 1 atom stereocenters. The zero-order valence-corrected chi connectivity index (χ0v) is 23.6. The van der Waals surface area contributed by atoms with Crippen LogP contribution in [0.5, 0.6) is 5.75 Å². The number of rotatable bonds is 10. The van der Waals surface area contributed by atoms with Gasteiger partial charge in [0.15, 0.2) is 4.80 Å². The average molecular weight is 533 g/mol. The highest BCUT2D eigenvalue weighted by Crippen LogP contribution is 2.33. The Morgan fingerprint density at radius 3 is 2.37 bits per heavy atom. The van der Waals surface area contributed by atoms with Crippen LogP contribution in [0, 0.1) is 0 Å². The SMILES string of the molecule is CCCOc1ccc(/C=c2\sc3n(c2=O)[C@H](c2ccc(C(C)C)cc2)C(C(=O)OCC)=C(CCC)N=3)cc1. The first kappa shape index (κ1) is 27.6. The van der Waals surface area contributed by atoms with Crippen molar-refractivity contribution in [2.75, 3.05) is 13.2 Å². The van der Waals surface area contributed by atoms with Crippen molar-refractivity contribution in [2.24, 2.45) is 4.99 Å². The molecule has 4 rings (SSSR count). The Balaban J connectivity index is 1.88. The zero-order chi connectivity index (χ0) is 27.2. The molecular formula is C31H36N2O4S. The second-order valence-corrected chi connectivity index (χ2v) is 10.7. The third-order valence-corrected chi connectivity index (χ3v) is 7.44. The minimum absolute atomic E-state index is 0.171. The number of esters is 1. The highest BCUT2D eigenvalue weighted by molar-refractivity contribution is 7.07. The predicted octanol–water partition coefficient (Wildman–Crippen LogP) is 5.49. The number of carbonyl (C=O) groups excluding carboxylic acids is 1. The molecule has 0 radical (unpaired) electrons. The van der Waals surface area contributed by atoms with E-state index in [1.165, 1.54) is 16.9 Å². The Labute approximate surface area is 228 Å². The molecule has 0 N–H and O–H groups in total. The van der Waals surface area contributed by atoms with Gasteiger partial charge >= 0.3 is 5.97 Å². The Morgan fingerprint density at radius 1 is 1.05 bits per heavy atom. The van der Waals surface area contributed by atoms with E-state index in [4.69, 9.17) is 14.5 Å². The zero-order valence-electron chi connectivity index (χ0n) is 22.8. The number of ether oxygens (including phenoxy) is 2. The van der Waals surface area contributed by atoms with Crippen LogP contribution < -0.4 is 19.6 Å². The molecule has 0 bridgehead atoms. The first-order chi connectivity index (χ1) is 18.4. The third kappa shape index (κ3) is 5.83. The molecule has 3 aromatic rings. The standard InChI is InChI=1S/C31H36N2O4S/c1-6-9-25-27(30(35)36-8-3)28(23-14-12-22(13-15-23)20(4)5)33-29(34)26(38-31(33)32-25)19-21-10-16-24(17-11-21)37-18-7-2/h10-17,19-20,28H,6-9,18H2,1-5H3/b26-19-/t28-/m1/s1.